The summed E-state index contributed by atoms with van der Waals surface area (Å²) in [5.74, 6) is 0.422. The minimum absolute atomic E-state index is 0.0358. The zero-order chi connectivity index (χ0) is 17.0. The van der Waals surface area contributed by atoms with Gasteiger partial charge in [-0.25, -0.2) is 0 Å². The number of benzene rings is 3. The molecule has 126 valence electrons. The number of unbranched alkanes of at least 4 members (excludes halogenated alkanes) is 1. The van der Waals surface area contributed by atoms with Crippen molar-refractivity contribution in [2.24, 2.45) is 5.92 Å². The number of carbonyl (C=O) groups excluding carboxylic acids is 1. The second-order valence-corrected chi connectivity index (χ2v) is 7.38. The molecule has 1 saturated heterocycles. The summed E-state index contributed by atoms with van der Waals surface area (Å²) in [6, 6.07) is 17.2. The molecule has 0 amide bonds. The first-order valence-electron chi connectivity index (χ1n) is 9.41. The van der Waals surface area contributed by atoms with Gasteiger partial charge in [-0.2, -0.15) is 0 Å². The summed E-state index contributed by atoms with van der Waals surface area (Å²) in [5, 5.41) is 5.12. The van der Waals surface area contributed by atoms with E-state index >= 15 is 0 Å². The van der Waals surface area contributed by atoms with Crippen LogP contribution >= 0.6 is 0 Å². The molecule has 3 aromatic rings. The van der Waals surface area contributed by atoms with Gasteiger partial charge in [0.05, 0.1) is 18.1 Å². The predicted molar refractivity (Wildman–Crippen MR) is 101 cm³/mol. The molecule has 0 N–H and O–H groups in total. The van der Waals surface area contributed by atoms with Crippen molar-refractivity contribution in [3.8, 4) is 0 Å². The normalized spacial score (nSPS) is 24.1. The molecule has 2 aliphatic rings. The van der Waals surface area contributed by atoms with Gasteiger partial charge in [0, 0.05) is 6.42 Å². The third kappa shape index (κ3) is 2.10. The molecule has 5 rings (SSSR count). The van der Waals surface area contributed by atoms with E-state index in [0.717, 1.165) is 19.3 Å². The van der Waals surface area contributed by atoms with E-state index in [1.165, 1.54) is 32.7 Å². The molecule has 0 aliphatic carbocycles. The van der Waals surface area contributed by atoms with Crippen LogP contribution in [0.5, 0.6) is 0 Å². The quantitative estimate of drug-likeness (QED) is 0.558. The number of hydrogen-bond donors (Lipinski definition) is 0. The average Bonchev–Trinajstić information content (AvgIpc) is 3.26. The van der Waals surface area contributed by atoms with E-state index in [9.17, 15) is 4.79 Å². The lowest BCUT2D eigenvalue weighted by atomic mass is 9.76. The largest absolute Gasteiger partial charge is 0.365 e. The van der Waals surface area contributed by atoms with Gasteiger partial charge in [-0.05, 0) is 45.5 Å². The lowest BCUT2D eigenvalue weighted by molar-refractivity contribution is -0.124. The second-order valence-electron chi connectivity index (χ2n) is 7.38. The summed E-state index contributed by atoms with van der Waals surface area (Å²) in [6.45, 7) is 2.14. The highest BCUT2D eigenvalue weighted by Gasteiger charge is 2.49. The molecule has 2 bridgehead atoms. The monoisotopic (exact) mass is 330 g/mol. The molecule has 0 unspecified atom stereocenters. The van der Waals surface area contributed by atoms with Crippen molar-refractivity contribution in [2.45, 2.75) is 44.8 Å². The number of Topliss-reactive ketones (excluding diaryl/α,β-unsaturated/α-hetero) is 1. The van der Waals surface area contributed by atoms with Crippen LogP contribution in [-0.4, -0.2) is 5.78 Å². The topological polar surface area (TPSA) is 26.3 Å². The molecule has 0 aromatic heterocycles. The summed E-state index contributed by atoms with van der Waals surface area (Å²) in [6.07, 6.45) is 3.61. The van der Waals surface area contributed by atoms with Gasteiger partial charge in [-0.1, -0.05) is 61.9 Å². The summed E-state index contributed by atoms with van der Waals surface area (Å²) in [5.41, 5.74) is 2.61. The summed E-state index contributed by atoms with van der Waals surface area (Å²) >= 11 is 0. The van der Waals surface area contributed by atoms with Crippen LogP contribution in [0.2, 0.25) is 0 Å². The molecule has 0 radical (unpaired) electrons. The van der Waals surface area contributed by atoms with Gasteiger partial charge in [-0.3, -0.25) is 4.79 Å². The molecule has 3 atom stereocenters. The van der Waals surface area contributed by atoms with Crippen LogP contribution in [-0.2, 0) is 9.53 Å². The van der Waals surface area contributed by atoms with Gasteiger partial charge >= 0.3 is 0 Å². The maximum atomic E-state index is 12.7. The molecule has 2 nitrogen and oxygen atoms in total. The minimum atomic E-state index is -0.0566. The van der Waals surface area contributed by atoms with E-state index in [-0.39, 0.29) is 18.1 Å². The Labute approximate surface area is 147 Å². The first-order valence-corrected chi connectivity index (χ1v) is 9.41. The number of rotatable bonds is 4. The summed E-state index contributed by atoms with van der Waals surface area (Å²) < 4.78 is 6.35. The van der Waals surface area contributed by atoms with Crippen LogP contribution < -0.4 is 0 Å². The lowest BCUT2D eigenvalue weighted by Crippen LogP contribution is -2.21. The Balaban J connectivity index is 1.72. The standard InChI is InChI=1S/C23H22O2/c1-2-3-12-19(24)18-13-20-21-16-10-6-4-8-14(16)15-9-5-7-11-17(15)22(21)23(18)25-20/h4-11,18,20,23H,2-3,12-13H2,1H3/t18-,20-,23+/m1/s1. The molecule has 2 heteroatoms. The SMILES string of the molecule is CCCCC(=O)[C@H]1C[C@H]2O[C@@H]1c1c2c2ccccc2c2ccccc12. The number of carbonyl (C=O) groups is 1. The van der Waals surface area contributed by atoms with Crippen molar-refractivity contribution in [3.05, 3.63) is 59.7 Å². The van der Waals surface area contributed by atoms with Gasteiger partial charge in [0.1, 0.15) is 5.78 Å². The molecule has 2 heterocycles. The van der Waals surface area contributed by atoms with Crippen molar-refractivity contribution >= 4 is 27.3 Å². The molecule has 25 heavy (non-hydrogen) atoms. The first-order chi connectivity index (χ1) is 12.3. The zero-order valence-electron chi connectivity index (χ0n) is 14.5. The number of ether oxygens (including phenoxy) is 1. The highest BCUT2D eigenvalue weighted by molar-refractivity contribution is 6.11. The summed E-state index contributed by atoms with van der Waals surface area (Å²) in [4.78, 5) is 12.7. The molecular formula is C23H22O2. The Morgan fingerprint density at radius 2 is 1.56 bits per heavy atom. The van der Waals surface area contributed by atoms with Gasteiger partial charge in [-0.15, -0.1) is 0 Å². The van der Waals surface area contributed by atoms with Crippen LogP contribution in [0.3, 0.4) is 0 Å². The zero-order valence-corrected chi connectivity index (χ0v) is 14.5. The molecule has 0 saturated carbocycles. The van der Waals surface area contributed by atoms with Crippen LogP contribution in [0.25, 0.3) is 21.5 Å². The average molecular weight is 330 g/mol. The maximum absolute atomic E-state index is 12.7. The molecule has 1 fully saturated rings. The van der Waals surface area contributed by atoms with Gasteiger partial charge in [0.15, 0.2) is 0 Å². The van der Waals surface area contributed by atoms with Crippen LogP contribution in [0.1, 0.15) is 55.9 Å². The van der Waals surface area contributed by atoms with E-state index in [4.69, 9.17) is 4.74 Å². The van der Waals surface area contributed by atoms with Crippen molar-refractivity contribution in [2.75, 3.05) is 0 Å². The fraction of sp³-hybridized carbons (Fsp3) is 0.348. The summed E-state index contributed by atoms with van der Waals surface area (Å²) in [7, 11) is 0. The third-order valence-electron chi connectivity index (χ3n) is 5.96. The number of ketones is 1. The lowest BCUT2D eigenvalue weighted by Gasteiger charge is -2.23. The Hall–Kier alpha value is -2.19. The van der Waals surface area contributed by atoms with E-state index in [2.05, 4.69) is 55.5 Å². The van der Waals surface area contributed by atoms with Crippen molar-refractivity contribution in [1.82, 2.24) is 0 Å². The Bertz CT molecular complexity index is 988. The van der Waals surface area contributed by atoms with Crippen molar-refractivity contribution < 1.29 is 9.53 Å². The van der Waals surface area contributed by atoms with Gasteiger partial charge in [0.25, 0.3) is 0 Å². The molecule has 2 aliphatic heterocycles. The second kappa shape index (κ2) is 5.67. The molecule has 3 aromatic carbocycles. The third-order valence-corrected chi connectivity index (χ3v) is 5.96. The van der Waals surface area contributed by atoms with E-state index < -0.39 is 0 Å². The van der Waals surface area contributed by atoms with E-state index in [1.807, 2.05) is 0 Å². The Morgan fingerprint density at radius 3 is 2.20 bits per heavy atom. The molecular weight excluding hydrogens is 308 g/mol. The molecule has 0 spiro atoms. The van der Waals surface area contributed by atoms with Crippen LogP contribution in [0.4, 0.5) is 0 Å². The fourth-order valence-electron chi connectivity index (χ4n) is 4.82. The van der Waals surface area contributed by atoms with Crippen molar-refractivity contribution in [3.63, 3.8) is 0 Å². The van der Waals surface area contributed by atoms with E-state index in [0.29, 0.717) is 12.2 Å². The van der Waals surface area contributed by atoms with Crippen molar-refractivity contribution in [1.29, 1.82) is 0 Å². The van der Waals surface area contributed by atoms with Crippen LogP contribution in [0, 0.1) is 5.92 Å². The van der Waals surface area contributed by atoms with Gasteiger partial charge in [0.2, 0.25) is 0 Å². The van der Waals surface area contributed by atoms with Gasteiger partial charge < -0.3 is 4.74 Å². The smallest absolute Gasteiger partial charge is 0.139 e. The highest BCUT2D eigenvalue weighted by atomic mass is 16.5. The van der Waals surface area contributed by atoms with Crippen LogP contribution in [0.15, 0.2) is 48.5 Å². The number of fused-ring (bicyclic) bond motifs is 10. The highest BCUT2D eigenvalue weighted by Crippen LogP contribution is 2.58. The first kappa shape index (κ1) is 15.1. The van der Waals surface area contributed by atoms with E-state index in [1.54, 1.807) is 0 Å². The maximum Gasteiger partial charge on any atom is 0.139 e. The predicted octanol–water partition coefficient (Wildman–Crippen LogP) is 5.88. The Morgan fingerprint density at radius 1 is 0.960 bits per heavy atom. The minimum Gasteiger partial charge on any atom is -0.365 e. The Kier molecular flexibility index (Phi) is 3.42. The number of hydrogen-bond acceptors (Lipinski definition) is 2. The fourth-order valence-corrected chi connectivity index (χ4v) is 4.82.